The zero-order valence-corrected chi connectivity index (χ0v) is 13.8. The Hall–Kier alpha value is -2.28. The minimum absolute atomic E-state index is 0.0329. The lowest BCUT2D eigenvalue weighted by molar-refractivity contribution is -0.153. The lowest BCUT2D eigenvalue weighted by atomic mass is 9.83. The normalized spacial score (nSPS) is 28.4. The van der Waals surface area contributed by atoms with Crippen LogP contribution in [0.15, 0.2) is 18.2 Å². The van der Waals surface area contributed by atoms with Gasteiger partial charge in [-0.05, 0) is 25.3 Å². The number of carbonyl (C=O) groups excluding carboxylic acids is 1. The van der Waals surface area contributed by atoms with Gasteiger partial charge in [0.1, 0.15) is 0 Å². The van der Waals surface area contributed by atoms with Crippen molar-refractivity contribution in [2.24, 2.45) is 5.92 Å². The maximum atomic E-state index is 12.6. The van der Waals surface area contributed by atoms with E-state index < -0.39 is 17.9 Å². The second kappa shape index (κ2) is 6.55. The molecule has 1 aromatic rings. The lowest BCUT2D eigenvalue weighted by Gasteiger charge is -2.41. The largest absolute Gasteiger partial charge is 0.481 e. The molecule has 0 spiro atoms. The molecule has 3 atom stereocenters. The summed E-state index contributed by atoms with van der Waals surface area (Å²) in [5.74, 6) is -0.460. The average molecular weight is 347 g/mol. The molecule has 1 aromatic carbocycles. The molecule has 3 heterocycles. The number of piperidine rings is 1. The number of para-hydroxylation sites is 1. The van der Waals surface area contributed by atoms with Gasteiger partial charge in [-0.1, -0.05) is 12.1 Å². The van der Waals surface area contributed by atoms with Gasteiger partial charge in [-0.2, -0.15) is 0 Å². The molecule has 2 saturated heterocycles. The van der Waals surface area contributed by atoms with Crippen molar-refractivity contribution < 1.29 is 28.9 Å². The molecule has 0 aromatic heterocycles. The first kappa shape index (κ1) is 16.2. The van der Waals surface area contributed by atoms with Crippen LogP contribution < -0.4 is 9.47 Å². The smallest absolute Gasteiger partial charge is 0.308 e. The quantitative estimate of drug-likeness (QED) is 0.896. The van der Waals surface area contributed by atoms with E-state index in [-0.39, 0.29) is 25.2 Å². The molecule has 0 unspecified atom stereocenters. The van der Waals surface area contributed by atoms with Crippen LogP contribution in [-0.4, -0.2) is 47.9 Å². The maximum absolute atomic E-state index is 12.6. The van der Waals surface area contributed by atoms with Crippen LogP contribution in [0.4, 0.5) is 0 Å². The standard InChI is InChI=1S/C18H21NO6/c20-15-7-6-13(18(21)22)16(19(15)9-11-3-2-8-23-11)12-4-1-5-14-17(12)25-10-24-14/h1,4-5,11,13,16H,2-3,6-10H2,(H,21,22)/t11-,13+,16-/m0/s1. The van der Waals surface area contributed by atoms with Crippen molar-refractivity contribution in [2.45, 2.75) is 37.8 Å². The summed E-state index contributed by atoms with van der Waals surface area (Å²) in [6, 6.07) is 4.86. The predicted molar refractivity (Wildman–Crippen MR) is 86.4 cm³/mol. The molecule has 0 bridgehead atoms. The Morgan fingerprint density at radius 2 is 2.16 bits per heavy atom. The summed E-state index contributed by atoms with van der Waals surface area (Å²) in [7, 11) is 0. The third kappa shape index (κ3) is 2.93. The number of aliphatic carboxylic acids is 1. The topological polar surface area (TPSA) is 85.3 Å². The number of carboxylic acids is 1. The number of nitrogens with zero attached hydrogens (tertiary/aromatic N) is 1. The monoisotopic (exact) mass is 347 g/mol. The van der Waals surface area contributed by atoms with E-state index in [0.717, 1.165) is 12.8 Å². The number of rotatable bonds is 4. The van der Waals surface area contributed by atoms with Crippen LogP contribution in [0.1, 0.15) is 37.3 Å². The lowest BCUT2D eigenvalue weighted by Crippen LogP contribution is -2.48. The second-order valence-corrected chi connectivity index (χ2v) is 6.69. The number of hydrogen-bond donors (Lipinski definition) is 1. The molecule has 7 nitrogen and oxygen atoms in total. The molecule has 0 saturated carbocycles. The van der Waals surface area contributed by atoms with Gasteiger partial charge in [-0.15, -0.1) is 0 Å². The van der Waals surface area contributed by atoms with E-state index in [4.69, 9.17) is 14.2 Å². The van der Waals surface area contributed by atoms with E-state index in [1.54, 1.807) is 11.0 Å². The highest BCUT2D eigenvalue weighted by molar-refractivity contribution is 5.82. The van der Waals surface area contributed by atoms with Crippen molar-refractivity contribution in [3.8, 4) is 11.5 Å². The van der Waals surface area contributed by atoms with Crippen LogP contribution in [0, 0.1) is 5.92 Å². The molecular formula is C18H21NO6. The van der Waals surface area contributed by atoms with Gasteiger partial charge in [0.15, 0.2) is 11.5 Å². The van der Waals surface area contributed by atoms with Gasteiger partial charge in [0, 0.05) is 25.1 Å². The fourth-order valence-corrected chi connectivity index (χ4v) is 4.00. The van der Waals surface area contributed by atoms with Crippen molar-refractivity contribution in [2.75, 3.05) is 19.9 Å². The second-order valence-electron chi connectivity index (χ2n) is 6.69. The summed E-state index contributed by atoms with van der Waals surface area (Å²) in [5, 5.41) is 9.74. The van der Waals surface area contributed by atoms with Gasteiger partial charge in [0.2, 0.25) is 12.7 Å². The molecule has 3 aliphatic rings. The van der Waals surface area contributed by atoms with Gasteiger partial charge in [0.05, 0.1) is 18.1 Å². The first-order chi connectivity index (χ1) is 12.1. The van der Waals surface area contributed by atoms with E-state index in [9.17, 15) is 14.7 Å². The third-order valence-corrected chi connectivity index (χ3v) is 5.19. The molecule has 3 aliphatic heterocycles. The Morgan fingerprint density at radius 3 is 2.92 bits per heavy atom. The van der Waals surface area contributed by atoms with Crippen molar-refractivity contribution in [3.63, 3.8) is 0 Å². The first-order valence-electron chi connectivity index (χ1n) is 8.67. The minimum atomic E-state index is -0.897. The first-order valence-corrected chi connectivity index (χ1v) is 8.67. The van der Waals surface area contributed by atoms with Crippen molar-refractivity contribution in [1.29, 1.82) is 0 Å². The molecule has 134 valence electrons. The molecular weight excluding hydrogens is 326 g/mol. The van der Waals surface area contributed by atoms with E-state index in [0.29, 0.717) is 36.6 Å². The highest BCUT2D eigenvalue weighted by atomic mass is 16.7. The van der Waals surface area contributed by atoms with Crippen molar-refractivity contribution in [3.05, 3.63) is 23.8 Å². The third-order valence-electron chi connectivity index (χ3n) is 5.19. The summed E-state index contributed by atoms with van der Waals surface area (Å²) >= 11 is 0. The molecule has 1 N–H and O–H groups in total. The van der Waals surface area contributed by atoms with Crippen LogP contribution in [-0.2, 0) is 14.3 Å². The van der Waals surface area contributed by atoms with Gasteiger partial charge < -0.3 is 24.2 Å². The zero-order valence-electron chi connectivity index (χ0n) is 13.8. The number of likely N-dealkylation sites (tertiary alicyclic amines) is 1. The van der Waals surface area contributed by atoms with Crippen LogP contribution >= 0.6 is 0 Å². The zero-order chi connectivity index (χ0) is 17.4. The molecule has 4 rings (SSSR count). The van der Waals surface area contributed by atoms with Crippen LogP contribution in [0.2, 0.25) is 0 Å². The molecule has 0 aliphatic carbocycles. The number of benzene rings is 1. The minimum Gasteiger partial charge on any atom is -0.481 e. The predicted octanol–water partition coefficient (Wildman–Crippen LogP) is 1.96. The number of carboxylic acid groups (broad SMARTS) is 1. The van der Waals surface area contributed by atoms with Crippen LogP contribution in [0.5, 0.6) is 11.5 Å². The highest BCUT2D eigenvalue weighted by Crippen LogP contribution is 2.46. The summed E-state index contributed by atoms with van der Waals surface area (Å²) in [5.41, 5.74) is 0.702. The Kier molecular flexibility index (Phi) is 4.25. The van der Waals surface area contributed by atoms with Gasteiger partial charge in [-0.25, -0.2) is 0 Å². The van der Waals surface area contributed by atoms with E-state index >= 15 is 0 Å². The van der Waals surface area contributed by atoms with E-state index in [2.05, 4.69) is 0 Å². The molecule has 2 fully saturated rings. The molecule has 1 amide bonds. The van der Waals surface area contributed by atoms with E-state index in [1.807, 2.05) is 12.1 Å². The van der Waals surface area contributed by atoms with Gasteiger partial charge in [0.25, 0.3) is 0 Å². The summed E-state index contributed by atoms with van der Waals surface area (Å²) < 4.78 is 16.7. The van der Waals surface area contributed by atoms with Crippen molar-refractivity contribution >= 4 is 11.9 Å². The summed E-state index contributed by atoms with van der Waals surface area (Å²) in [4.78, 5) is 26.2. The van der Waals surface area contributed by atoms with Crippen LogP contribution in [0.3, 0.4) is 0 Å². The Morgan fingerprint density at radius 1 is 1.28 bits per heavy atom. The van der Waals surface area contributed by atoms with Gasteiger partial charge >= 0.3 is 5.97 Å². The van der Waals surface area contributed by atoms with E-state index in [1.165, 1.54) is 0 Å². The molecule has 0 radical (unpaired) electrons. The number of fused-ring (bicyclic) bond motifs is 1. The Balaban J connectivity index is 1.73. The Bertz CT molecular complexity index is 684. The summed E-state index contributed by atoms with van der Waals surface area (Å²) in [6.07, 6.45) is 2.39. The van der Waals surface area contributed by atoms with Crippen molar-refractivity contribution in [1.82, 2.24) is 4.90 Å². The molecule has 7 heteroatoms. The number of amides is 1. The van der Waals surface area contributed by atoms with Gasteiger partial charge in [-0.3, -0.25) is 9.59 Å². The maximum Gasteiger partial charge on any atom is 0.308 e. The molecule has 25 heavy (non-hydrogen) atoms. The number of hydrogen-bond acceptors (Lipinski definition) is 5. The van der Waals surface area contributed by atoms with Crippen LogP contribution in [0.25, 0.3) is 0 Å². The fraction of sp³-hybridized carbons (Fsp3) is 0.556. The SMILES string of the molecule is O=C(O)[C@@H]1CCC(=O)N(C[C@@H]2CCCO2)[C@H]1c1cccc2c1OCO2. The Labute approximate surface area is 145 Å². The average Bonchev–Trinajstić information content (AvgIpc) is 3.27. The highest BCUT2D eigenvalue weighted by Gasteiger charge is 2.43. The number of carbonyl (C=O) groups is 2. The fourth-order valence-electron chi connectivity index (χ4n) is 4.00. The number of ether oxygens (including phenoxy) is 3. The summed E-state index contributed by atoms with van der Waals surface area (Å²) in [6.45, 7) is 1.21.